The van der Waals surface area contributed by atoms with Gasteiger partial charge in [0.25, 0.3) is 0 Å². The highest BCUT2D eigenvalue weighted by molar-refractivity contribution is 6.16. The predicted molar refractivity (Wildman–Crippen MR) is 35.0 cm³/mol. The fourth-order valence-electron chi connectivity index (χ4n) is 0.439. The molecule has 0 radical (unpaired) electrons. The van der Waals surface area contributed by atoms with E-state index in [-0.39, 0.29) is 5.57 Å². The first kappa shape index (κ1) is 8.68. The van der Waals surface area contributed by atoms with Gasteiger partial charge >= 0.3 is 5.97 Å². The molecule has 4 nitrogen and oxygen atoms in total. The van der Waals surface area contributed by atoms with Gasteiger partial charge in [-0.2, -0.15) is 0 Å². The number of ether oxygens (including phenoxy) is 1. The monoisotopic (exact) mass is 143 g/mol. The van der Waals surface area contributed by atoms with Gasteiger partial charge in [-0.15, -0.1) is 0 Å². The third kappa shape index (κ3) is 1.89. The number of carbonyl (C=O) groups excluding carboxylic acids is 2. The molecule has 10 heavy (non-hydrogen) atoms. The molecule has 4 heteroatoms. The van der Waals surface area contributed by atoms with E-state index in [2.05, 4.69) is 4.74 Å². The molecule has 0 aliphatic carbocycles. The molecule has 0 amide bonds. The third-order valence-corrected chi connectivity index (χ3v) is 0.951. The molecule has 0 saturated carbocycles. The van der Waals surface area contributed by atoms with E-state index in [4.69, 9.17) is 5.73 Å². The SMILES string of the molecule is COC(=O)/C(=C\N)C(C)=O. The molecule has 0 spiro atoms. The maximum atomic E-state index is 10.6. The van der Waals surface area contributed by atoms with Gasteiger partial charge in [0.1, 0.15) is 5.57 Å². The summed E-state index contributed by atoms with van der Waals surface area (Å²) in [5.41, 5.74) is 4.84. The van der Waals surface area contributed by atoms with E-state index in [1.165, 1.54) is 14.0 Å². The van der Waals surface area contributed by atoms with E-state index >= 15 is 0 Å². The number of Topliss-reactive ketones (excluding diaryl/α,β-unsaturated/α-hetero) is 1. The standard InChI is InChI=1S/C6H9NO3/c1-4(8)5(3-7)6(9)10-2/h3H,7H2,1-2H3/b5-3-. The number of rotatable bonds is 2. The van der Waals surface area contributed by atoms with Gasteiger partial charge in [-0.1, -0.05) is 0 Å². The van der Waals surface area contributed by atoms with Crippen molar-refractivity contribution < 1.29 is 14.3 Å². The second-order valence-corrected chi connectivity index (χ2v) is 1.63. The highest BCUT2D eigenvalue weighted by atomic mass is 16.5. The molecule has 0 aliphatic rings. The second-order valence-electron chi connectivity index (χ2n) is 1.63. The van der Waals surface area contributed by atoms with Crippen molar-refractivity contribution in [3.63, 3.8) is 0 Å². The van der Waals surface area contributed by atoms with E-state index < -0.39 is 11.8 Å². The van der Waals surface area contributed by atoms with E-state index in [1.54, 1.807) is 0 Å². The number of esters is 1. The molecule has 0 aromatic heterocycles. The minimum absolute atomic E-state index is 0.123. The van der Waals surface area contributed by atoms with Crippen LogP contribution in [0.4, 0.5) is 0 Å². The number of hydrogen-bond donors (Lipinski definition) is 1. The van der Waals surface area contributed by atoms with Gasteiger partial charge in [-0.3, -0.25) is 4.79 Å². The highest BCUT2D eigenvalue weighted by Crippen LogP contribution is 1.95. The molecule has 0 heterocycles. The Labute approximate surface area is 58.7 Å². The minimum atomic E-state index is -0.699. The van der Waals surface area contributed by atoms with Crippen LogP contribution >= 0.6 is 0 Å². The molecule has 0 atom stereocenters. The molecule has 0 aliphatic heterocycles. The Balaban J connectivity index is 4.39. The lowest BCUT2D eigenvalue weighted by atomic mass is 10.2. The van der Waals surface area contributed by atoms with Crippen LogP contribution in [0.5, 0.6) is 0 Å². The lowest BCUT2D eigenvalue weighted by Crippen LogP contribution is -2.13. The van der Waals surface area contributed by atoms with Gasteiger partial charge in [0.2, 0.25) is 0 Å². The lowest BCUT2D eigenvalue weighted by Gasteiger charge is -1.97. The Morgan fingerprint density at radius 2 is 2.00 bits per heavy atom. The van der Waals surface area contributed by atoms with Crippen molar-refractivity contribution in [1.29, 1.82) is 0 Å². The third-order valence-electron chi connectivity index (χ3n) is 0.951. The summed E-state index contributed by atoms with van der Waals surface area (Å²) in [5, 5.41) is 0. The van der Waals surface area contributed by atoms with Gasteiger partial charge in [0, 0.05) is 6.20 Å². The van der Waals surface area contributed by atoms with Crippen molar-refractivity contribution in [3.05, 3.63) is 11.8 Å². The molecule has 2 N–H and O–H groups in total. The quantitative estimate of drug-likeness (QED) is 0.247. The Morgan fingerprint density at radius 1 is 1.50 bits per heavy atom. The van der Waals surface area contributed by atoms with E-state index in [0.717, 1.165) is 6.20 Å². The molecular formula is C6H9NO3. The summed E-state index contributed by atoms with van der Waals surface area (Å²) in [5.74, 6) is -1.09. The first-order chi connectivity index (χ1) is 4.63. The summed E-state index contributed by atoms with van der Waals surface area (Å²) < 4.78 is 4.26. The smallest absolute Gasteiger partial charge is 0.342 e. The minimum Gasteiger partial charge on any atom is -0.465 e. The van der Waals surface area contributed by atoms with Crippen molar-refractivity contribution in [2.24, 2.45) is 5.73 Å². The molecule has 0 fully saturated rings. The van der Waals surface area contributed by atoms with Crippen molar-refractivity contribution in [2.75, 3.05) is 7.11 Å². The lowest BCUT2D eigenvalue weighted by molar-refractivity contribution is -0.137. The maximum absolute atomic E-state index is 10.6. The van der Waals surface area contributed by atoms with Crippen LogP contribution in [-0.4, -0.2) is 18.9 Å². The zero-order valence-electron chi connectivity index (χ0n) is 5.88. The van der Waals surface area contributed by atoms with Crippen LogP contribution in [-0.2, 0) is 14.3 Å². The van der Waals surface area contributed by atoms with Gasteiger partial charge in [0.15, 0.2) is 5.78 Å². The maximum Gasteiger partial charge on any atom is 0.342 e. The molecule has 0 bridgehead atoms. The normalized spacial score (nSPS) is 10.8. The summed E-state index contributed by atoms with van der Waals surface area (Å²) in [6, 6.07) is 0. The van der Waals surface area contributed by atoms with E-state index in [9.17, 15) is 9.59 Å². The average molecular weight is 143 g/mol. The summed E-state index contributed by atoms with van der Waals surface area (Å²) in [6.07, 6.45) is 0.939. The first-order valence-electron chi connectivity index (χ1n) is 2.64. The van der Waals surface area contributed by atoms with Crippen molar-refractivity contribution in [2.45, 2.75) is 6.92 Å². The second kappa shape index (κ2) is 3.66. The number of methoxy groups -OCH3 is 1. The predicted octanol–water partition coefficient (Wildman–Crippen LogP) is -0.409. The van der Waals surface area contributed by atoms with Crippen molar-refractivity contribution >= 4 is 11.8 Å². The molecule has 0 aromatic rings. The summed E-state index contributed by atoms with van der Waals surface area (Å²) in [4.78, 5) is 21.1. The topological polar surface area (TPSA) is 69.4 Å². The number of ketones is 1. The van der Waals surface area contributed by atoms with Crippen LogP contribution in [0.15, 0.2) is 11.8 Å². The Hall–Kier alpha value is -1.32. The van der Waals surface area contributed by atoms with Crippen LogP contribution in [0.2, 0.25) is 0 Å². The van der Waals surface area contributed by atoms with E-state index in [0.29, 0.717) is 0 Å². The Morgan fingerprint density at radius 3 is 2.10 bits per heavy atom. The van der Waals surface area contributed by atoms with Crippen LogP contribution in [0, 0.1) is 0 Å². The first-order valence-corrected chi connectivity index (χ1v) is 2.64. The summed E-state index contributed by atoms with van der Waals surface area (Å²) in [7, 11) is 1.19. The fourth-order valence-corrected chi connectivity index (χ4v) is 0.439. The highest BCUT2D eigenvalue weighted by Gasteiger charge is 2.12. The van der Waals surface area contributed by atoms with Gasteiger partial charge < -0.3 is 10.5 Å². The Bertz CT molecular complexity index is 183. The number of nitrogens with two attached hydrogens (primary N) is 1. The molecule has 0 unspecified atom stereocenters. The van der Waals surface area contributed by atoms with Crippen molar-refractivity contribution in [3.8, 4) is 0 Å². The summed E-state index contributed by atoms with van der Waals surface area (Å²) >= 11 is 0. The van der Waals surface area contributed by atoms with Crippen LogP contribution in [0.3, 0.4) is 0 Å². The number of hydrogen-bond acceptors (Lipinski definition) is 4. The van der Waals surface area contributed by atoms with Crippen molar-refractivity contribution in [1.82, 2.24) is 0 Å². The molecule has 0 aromatic carbocycles. The van der Waals surface area contributed by atoms with Gasteiger partial charge in [0.05, 0.1) is 7.11 Å². The van der Waals surface area contributed by atoms with Crippen LogP contribution in [0.25, 0.3) is 0 Å². The summed E-state index contributed by atoms with van der Waals surface area (Å²) in [6.45, 7) is 1.25. The zero-order chi connectivity index (χ0) is 8.15. The van der Waals surface area contributed by atoms with Crippen LogP contribution in [0.1, 0.15) is 6.92 Å². The van der Waals surface area contributed by atoms with E-state index in [1.807, 2.05) is 0 Å². The molecule has 0 rings (SSSR count). The molecule has 0 saturated heterocycles. The fraction of sp³-hybridized carbons (Fsp3) is 0.333. The zero-order valence-corrected chi connectivity index (χ0v) is 5.88. The largest absolute Gasteiger partial charge is 0.465 e. The van der Waals surface area contributed by atoms with Gasteiger partial charge in [-0.05, 0) is 6.92 Å². The van der Waals surface area contributed by atoms with Gasteiger partial charge in [-0.25, -0.2) is 4.79 Å². The number of carbonyl (C=O) groups is 2. The molecule has 56 valence electrons. The molecular weight excluding hydrogens is 134 g/mol. The van der Waals surface area contributed by atoms with Crippen LogP contribution < -0.4 is 5.73 Å². The Kier molecular flexibility index (Phi) is 3.17. The average Bonchev–Trinajstić information content (AvgIpc) is 1.88.